The first-order valence-corrected chi connectivity index (χ1v) is 11.2. The number of aliphatic imine (C=N–C) groups is 1. The monoisotopic (exact) mass is 403 g/mol. The van der Waals surface area contributed by atoms with E-state index in [9.17, 15) is 4.79 Å². The Kier molecular flexibility index (Phi) is 8.34. The molecule has 8 nitrogen and oxygen atoms in total. The Morgan fingerprint density at radius 3 is 2.41 bits per heavy atom. The zero-order valence-electron chi connectivity index (χ0n) is 18.1. The largest absolute Gasteiger partial charge is 0.357 e. The van der Waals surface area contributed by atoms with Crippen molar-refractivity contribution in [2.45, 2.75) is 46.1 Å². The fourth-order valence-corrected chi connectivity index (χ4v) is 4.00. The lowest BCUT2D eigenvalue weighted by atomic mass is 10.2. The molecule has 0 aliphatic carbocycles. The van der Waals surface area contributed by atoms with Crippen LogP contribution in [0.25, 0.3) is 0 Å². The van der Waals surface area contributed by atoms with E-state index in [2.05, 4.69) is 32.0 Å². The van der Waals surface area contributed by atoms with Gasteiger partial charge in [0.2, 0.25) is 5.91 Å². The van der Waals surface area contributed by atoms with Crippen LogP contribution in [0.15, 0.2) is 17.4 Å². The summed E-state index contributed by atoms with van der Waals surface area (Å²) in [7, 11) is 0. The van der Waals surface area contributed by atoms with Crippen molar-refractivity contribution in [3.63, 3.8) is 0 Å². The molecule has 2 fully saturated rings. The van der Waals surface area contributed by atoms with Crippen LogP contribution in [0.4, 0.5) is 0 Å². The second kappa shape index (κ2) is 11.2. The number of carbonyl (C=O) groups excluding carboxylic acids is 1. The number of amides is 1. The molecule has 2 saturated heterocycles. The van der Waals surface area contributed by atoms with Crippen LogP contribution in [0.5, 0.6) is 0 Å². The molecular weight excluding hydrogens is 366 g/mol. The summed E-state index contributed by atoms with van der Waals surface area (Å²) in [6.07, 6.45) is 8.74. The second-order valence-corrected chi connectivity index (χ2v) is 8.07. The fraction of sp³-hybridized carbons (Fsp3) is 0.762. The number of aromatic nitrogens is 2. The predicted molar refractivity (Wildman–Crippen MR) is 116 cm³/mol. The number of nitrogens with one attached hydrogen (secondary N) is 1. The number of hydrogen-bond acceptors (Lipinski definition) is 4. The molecule has 0 aromatic carbocycles. The number of nitrogens with zero attached hydrogens (tertiary/aromatic N) is 6. The van der Waals surface area contributed by atoms with E-state index >= 15 is 0 Å². The molecular formula is C21H37N7O. The molecule has 0 radical (unpaired) electrons. The summed E-state index contributed by atoms with van der Waals surface area (Å²) in [4.78, 5) is 24.1. The maximum Gasteiger partial charge on any atom is 0.236 e. The van der Waals surface area contributed by atoms with Crippen LogP contribution in [-0.2, 0) is 11.3 Å². The van der Waals surface area contributed by atoms with Crippen molar-refractivity contribution in [2.24, 2.45) is 4.99 Å². The van der Waals surface area contributed by atoms with E-state index in [1.807, 2.05) is 24.0 Å². The SMILES string of the molecule is CCNC(=NCCn1cc(C)cn1)N1CCN(CC(=O)N2CCCCCC2)CC1. The summed E-state index contributed by atoms with van der Waals surface area (Å²) in [5.41, 5.74) is 1.17. The van der Waals surface area contributed by atoms with E-state index in [1.165, 1.54) is 18.4 Å². The summed E-state index contributed by atoms with van der Waals surface area (Å²) in [5.74, 6) is 1.27. The Hall–Kier alpha value is -2.09. The fourth-order valence-electron chi connectivity index (χ4n) is 4.00. The zero-order chi connectivity index (χ0) is 20.5. The third kappa shape index (κ3) is 6.73. The Labute approximate surface area is 174 Å². The lowest BCUT2D eigenvalue weighted by molar-refractivity contribution is -0.132. The van der Waals surface area contributed by atoms with Gasteiger partial charge in [-0.3, -0.25) is 19.4 Å². The van der Waals surface area contributed by atoms with Crippen molar-refractivity contribution in [2.75, 3.05) is 58.9 Å². The number of guanidine groups is 1. The highest BCUT2D eigenvalue weighted by Gasteiger charge is 2.23. The first-order valence-electron chi connectivity index (χ1n) is 11.2. The van der Waals surface area contributed by atoms with Crippen LogP contribution in [0.1, 0.15) is 38.2 Å². The predicted octanol–water partition coefficient (Wildman–Crippen LogP) is 1.18. The van der Waals surface area contributed by atoms with Crippen molar-refractivity contribution in [1.29, 1.82) is 0 Å². The van der Waals surface area contributed by atoms with Crippen molar-refractivity contribution >= 4 is 11.9 Å². The Bertz CT molecular complexity index is 656. The molecule has 2 aliphatic rings. The summed E-state index contributed by atoms with van der Waals surface area (Å²) in [5, 5.41) is 7.73. The van der Waals surface area contributed by atoms with Crippen LogP contribution in [0, 0.1) is 6.92 Å². The molecule has 3 heterocycles. The number of rotatable bonds is 6. The highest BCUT2D eigenvalue weighted by molar-refractivity contribution is 5.80. The second-order valence-electron chi connectivity index (χ2n) is 8.07. The minimum absolute atomic E-state index is 0.301. The average Bonchev–Trinajstić information content (AvgIpc) is 2.96. The number of likely N-dealkylation sites (tertiary alicyclic amines) is 1. The first-order chi connectivity index (χ1) is 14.2. The molecule has 0 unspecified atom stereocenters. The number of piperazine rings is 1. The molecule has 1 N–H and O–H groups in total. The minimum Gasteiger partial charge on any atom is -0.357 e. The molecule has 1 aromatic rings. The topological polar surface area (TPSA) is 69.0 Å². The standard InChI is InChI=1S/C21H37N7O/c1-3-22-21(23-8-11-28-17-19(2)16-24-28)27-14-12-25(13-15-27)18-20(29)26-9-6-4-5-7-10-26/h16-17H,3-15,18H2,1-2H3,(H,22,23). The van der Waals surface area contributed by atoms with E-state index in [4.69, 9.17) is 4.99 Å². The number of aryl methyl sites for hydroxylation is 1. The van der Waals surface area contributed by atoms with Gasteiger partial charge in [-0.2, -0.15) is 5.10 Å². The third-order valence-corrected chi connectivity index (χ3v) is 5.68. The Morgan fingerprint density at radius 2 is 1.79 bits per heavy atom. The molecule has 0 saturated carbocycles. The minimum atomic E-state index is 0.301. The molecule has 162 valence electrons. The smallest absolute Gasteiger partial charge is 0.236 e. The van der Waals surface area contributed by atoms with Gasteiger partial charge in [0, 0.05) is 52.0 Å². The summed E-state index contributed by atoms with van der Waals surface area (Å²) < 4.78 is 1.94. The molecule has 8 heteroatoms. The lowest BCUT2D eigenvalue weighted by Crippen LogP contribution is -2.54. The highest BCUT2D eigenvalue weighted by Crippen LogP contribution is 2.11. The average molecular weight is 404 g/mol. The van der Waals surface area contributed by atoms with Crippen LogP contribution in [-0.4, -0.2) is 95.2 Å². The van der Waals surface area contributed by atoms with Gasteiger partial charge < -0.3 is 15.1 Å². The third-order valence-electron chi connectivity index (χ3n) is 5.68. The molecule has 3 rings (SSSR count). The molecule has 0 spiro atoms. The van der Waals surface area contributed by atoms with E-state index in [0.717, 1.165) is 71.2 Å². The summed E-state index contributed by atoms with van der Waals surface area (Å²) in [6, 6.07) is 0. The Balaban J connectivity index is 1.45. The van der Waals surface area contributed by atoms with Gasteiger partial charge in [0.15, 0.2) is 5.96 Å². The van der Waals surface area contributed by atoms with E-state index in [1.54, 1.807) is 0 Å². The molecule has 0 atom stereocenters. The van der Waals surface area contributed by atoms with Crippen molar-refractivity contribution in [1.82, 2.24) is 29.8 Å². The summed E-state index contributed by atoms with van der Waals surface area (Å²) in [6.45, 7) is 12.5. The molecule has 0 bridgehead atoms. The number of carbonyl (C=O) groups is 1. The van der Waals surface area contributed by atoms with Gasteiger partial charge in [-0.25, -0.2) is 0 Å². The van der Waals surface area contributed by atoms with Gasteiger partial charge in [0.1, 0.15) is 0 Å². The van der Waals surface area contributed by atoms with Gasteiger partial charge in [0.05, 0.1) is 25.8 Å². The van der Waals surface area contributed by atoms with Gasteiger partial charge >= 0.3 is 0 Å². The molecule has 29 heavy (non-hydrogen) atoms. The molecule has 1 amide bonds. The van der Waals surface area contributed by atoms with Crippen molar-refractivity contribution < 1.29 is 4.79 Å². The van der Waals surface area contributed by atoms with Crippen LogP contribution in [0.3, 0.4) is 0 Å². The maximum atomic E-state index is 12.6. The van der Waals surface area contributed by atoms with Gasteiger partial charge in [-0.15, -0.1) is 0 Å². The zero-order valence-corrected chi connectivity index (χ0v) is 18.1. The number of hydrogen-bond donors (Lipinski definition) is 1. The maximum absolute atomic E-state index is 12.6. The highest BCUT2D eigenvalue weighted by atomic mass is 16.2. The van der Waals surface area contributed by atoms with E-state index in [0.29, 0.717) is 19.0 Å². The lowest BCUT2D eigenvalue weighted by Gasteiger charge is -2.37. The molecule has 1 aromatic heterocycles. The van der Waals surface area contributed by atoms with Gasteiger partial charge in [-0.05, 0) is 32.3 Å². The van der Waals surface area contributed by atoms with E-state index in [-0.39, 0.29) is 0 Å². The van der Waals surface area contributed by atoms with Crippen molar-refractivity contribution in [3.05, 3.63) is 18.0 Å². The summed E-state index contributed by atoms with van der Waals surface area (Å²) >= 11 is 0. The van der Waals surface area contributed by atoms with Crippen LogP contribution < -0.4 is 5.32 Å². The Morgan fingerprint density at radius 1 is 1.07 bits per heavy atom. The van der Waals surface area contributed by atoms with Gasteiger partial charge in [0.25, 0.3) is 0 Å². The van der Waals surface area contributed by atoms with Crippen molar-refractivity contribution in [3.8, 4) is 0 Å². The molecule has 2 aliphatic heterocycles. The van der Waals surface area contributed by atoms with E-state index < -0.39 is 0 Å². The normalized spacial score (nSPS) is 19.3. The van der Waals surface area contributed by atoms with Crippen LogP contribution >= 0.6 is 0 Å². The van der Waals surface area contributed by atoms with Gasteiger partial charge in [-0.1, -0.05) is 12.8 Å². The quantitative estimate of drug-likeness (QED) is 0.571. The first kappa shape index (κ1) is 21.6. The van der Waals surface area contributed by atoms with Crippen LogP contribution in [0.2, 0.25) is 0 Å².